The topological polar surface area (TPSA) is 62.3 Å². The van der Waals surface area contributed by atoms with Gasteiger partial charge in [0.15, 0.2) is 5.13 Å². The molecule has 1 aliphatic rings. The fourth-order valence-corrected chi connectivity index (χ4v) is 4.33. The van der Waals surface area contributed by atoms with E-state index in [0.29, 0.717) is 18.2 Å². The van der Waals surface area contributed by atoms with Gasteiger partial charge in [0.1, 0.15) is 0 Å². The van der Waals surface area contributed by atoms with Gasteiger partial charge in [0, 0.05) is 19.5 Å². The molecule has 3 aromatic rings. The summed E-state index contributed by atoms with van der Waals surface area (Å²) in [6.07, 6.45) is 1.07. The number of anilines is 1. The molecule has 2 aromatic carbocycles. The van der Waals surface area contributed by atoms with E-state index < -0.39 is 0 Å². The number of nitrogens with one attached hydrogen (secondary N) is 1. The molecule has 0 radical (unpaired) electrons. The molecule has 1 aliphatic heterocycles. The lowest BCUT2D eigenvalue weighted by molar-refractivity contribution is -0.128. The first-order chi connectivity index (χ1) is 13.1. The smallest absolute Gasteiger partial charge is 0.231 e. The lowest BCUT2D eigenvalue weighted by Gasteiger charge is -2.16. The average Bonchev–Trinajstić information content (AvgIpc) is 3.23. The fourth-order valence-electron chi connectivity index (χ4n) is 3.37. The maximum absolute atomic E-state index is 12.6. The molecule has 1 N–H and O–H groups in total. The molecule has 4 rings (SSSR count). The van der Waals surface area contributed by atoms with E-state index in [4.69, 9.17) is 0 Å². The van der Waals surface area contributed by atoms with Crippen LogP contribution in [0.3, 0.4) is 0 Å². The zero-order valence-electron chi connectivity index (χ0n) is 15.1. The SMILES string of the molecule is Cc1ccc2nc(NC(=O)C3CC(=O)N(CCc4ccccc4)C3)sc2c1. The van der Waals surface area contributed by atoms with Crippen molar-refractivity contribution in [3.05, 3.63) is 59.7 Å². The summed E-state index contributed by atoms with van der Waals surface area (Å²) in [5.41, 5.74) is 3.25. The van der Waals surface area contributed by atoms with E-state index in [2.05, 4.69) is 28.5 Å². The van der Waals surface area contributed by atoms with Crippen LogP contribution >= 0.6 is 11.3 Å². The van der Waals surface area contributed by atoms with Crippen molar-refractivity contribution < 1.29 is 9.59 Å². The van der Waals surface area contributed by atoms with Crippen molar-refractivity contribution in [2.75, 3.05) is 18.4 Å². The highest BCUT2D eigenvalue weighted by Crippen LogP contribution is 2.28. The number of likely N-dealkylation sites (tertiary alicyclic amines) is 1. The van der Waals surface area contributed by atoms with Gasteiger partial charge in [-0.3, -0.25) is 9.59 Å². The molecule has 2 amide bonds. The van der Waals surface area contributed by atoms with Gasteiger partial charge in [-0.1, -0.05) is 47.7 Å². The Bertz CT molecular complexity index is 984. The maximum atomic E-state index is 12.6. The maximum Gasteiger partial charge on any atom is 0.231 e. The van der Waals surface area contributed by atoms with Crippen molar-refractivity contribution in [3.8, 4) is 0 Å². The predicted molar refractivity (Wildman–Crippen MR) is 108 cm³/mol. The van der Waals surface area contributed by atoms with E-state index in [1.165, 1.54) is 22.5 Å². The summed E-state index contributed by atoms with van der Waals surface area (Å²) in [4.78, 5) is 31.1. The third-order valence-electron chi connectivity index (χ3n) is 4.87. The third kappa shape index (κ3) is 4.01. The average molecular weight is 379 g/mol. The van der Waals surface area contributed by atoms with Crippen LogP contribution in [0.4, 0.5) is 5.13 Å². The van der Waals surface area contributed by atoms with Gasteiger partial charge in [0.05, 0.1) is 16.1 Å². The van der Waals surface area contributed by atoms with Crippen molar-refractivity contribution in [3.63, 3.8) is 0 Å². The fraction of sp³-hybridized carbons (Fsp3) is 0.286. The normalized spacial score (nSPS) is 16.9. The molecule has 138 valence electrons. The van der Waals surface area contributed by atoms with E-state index in [-0.39, 0.29) is 24.2 Å². The molecule has 1 unspecified atom stereocenters. The van der Waals surface area contributed by atoms with Crippen LogP contribution in [0.25, 0.3) is 10.2 Å². The summed E-state index contributed by atoms with van der Waals surface area (Å²) >= 11 is 1.47. The summed E-state index contributed by atoms with van der Waals surface area (Å²) in [6.45, 7) is 3.15. The molecule has 1 aromatic heterocycles. The quantitative estimate of drug-likeness (QED) is 0.736. The number of hydrogen-bond acceptors (Lipinski definition) is 4. The Kier molecular flexibility index (Phi) is 4.90. The highest BCUT2D eigenvalue weighted by Gasteiger charge is 2.34. The molecule has 0 spiro atoms. The Morgan fingerprint density at radius 2 is 2.07 bits per heavy atom. The van der Waals surface area contributed by atoms with E-state index in [1.807, 2.05) is 37.3 Å². The monoisotopic (exact) mass is 379 g/mol. The minimum Gasteiger partial charge on any atom is -0.342 e. The van der Waals surface area contributed by atoms with Gasteiger partial charge in [-0.05, 0) is 36.6 Å². The highest BCUT2D eigenvalue weighted by atomic mass is 32.1. The van der Waals surface area contributed by atoms with Crippen LogP contribution in [0.2, 0.25) is 0 Å². The van der Waals surface area contributed by atoms with Crippen molar-refractivity contribution in [1.82, 2.24) is 9.88 Å². The zero-order chi connectivity index (χ0) is 18.8. The third-order valence-corrected chi connectivity index (χ3v) is 5.81. The van der Waals surface area contributed by atoms with E-state index in [9.17, 15) is 9.59 Å². The minimum absolute atomic E-state index is 0.0472. The predicted octanol–water partition coefficient (Wildman–Crippen LogP) is 3.63. The summed E-state index contributed by atoms with van der Waals surface area (Å²) in [5, 5.41) is 3.49. The molecule has 27 heavy (non-hydrogen) atoms. The first kappa shape index (κ1) is 17.7. The number of amides is 2. The summed E-state index contributed by atoms with van der Waals surface area (Å²) in [7, 11) is 0. The largest absolute Gasteiger partial charge is 0.342 e. The number of benzene rings is 2. The van der Waals surface area contributed by atoms with Crippen LogP contribution in [0.5, 0.6) is 0 Å². The van der Waals surface area contributed by atoms with Crippen LogP contribution in [-0.4, -0.2) is 34.8 Å². The Balaban J connectivity index is 1.36. The minimum atomic E-state index is -0.318. The van der Waals surface area contributed by atoms with Crippen LogP contribution in [0.15, 0.2) is 48.5 Å². The van der Waals surface area contributed by atoms with Crippen molar-refractivity contribution >= 4 is 38.5 Å². The molecule has 0 saturated carbocycles. The number of aromatic nitrogens is 1. The molecule has 1 atom stereocenters. The van der Waals surface area contributed by atoms with Crippen LogP contribution in [-0.2, 0) is 16.0 Å². The Hall–Kier alpha value is -2.73. The molecular weight excluding hydrogens is 358 g/mol. The van der Waals surface area contributed by atoms with Gasteiger partial charge in [-0.2, -0.15) is 0 Å². The van der Waals surface area contributed by atoms with Gasteiger partial charge in [-0.15, -0.1) is 0 Å². The molecule has 6 heteroatoms. The van der Waals surface area contributed by atoms with Crippen molar-refractivity contribution in [1.29, 1.82) is 0 Å². The van der Waals surface area contributed by atoms with Crippen LogP contribution < -0.4 is 5.32 Å². The number of thiazole rings is 1. The molecule has 5 nitrogen and oxygen atoms in total. The second-order valence-electron chi connectivity index (χ2n) is 6.96. The number of carbonyl (C=O) groups excluding carboxylic acids is 2. The molecule has 0 aliphatic carbocycles. The van der Waals surface area contributed by atoms with Gasteiger partial charge in [0.2, 0.25) is 11.8 Å². The van der Waals surface area contributed by atoms with Gasteiger partial charge in [-0.25, -0.2) is 4.98 Å². The van der Waals surface area contributed by atoms with E-state index in [0.717, 1.165) is 16.6 Å². The standard InChI is InChI=1S/C21H21N3O2S/c1-14-7-8-17-18(11-14)27-21(22-17)23-20(26)16-12-19(25)24(13-16)10-9-15-5-3-2-4-6-15/h2-8,11,16H,9-10,12-13H2,1H3,(H,22,23,26). The van der Waals surface area contributed by atoms with Gasteiger partial charge < -0.3 is 10.2 Å². The van der Waals surface area contributed by atoms with Gasteiger partial charge in [0.25, 0.3) is 0 Å². The Labute approximate surface area is 162 Å². The summed E-state index contributed by atoms with van der Waals surface area (Å²) < 4.78 is 1.05. The molecule has 1 fully saturated rings. The lowest BCUT2D eigenvalue weighted by Crippen LogP contribution is -2.30. The van der Waals surface area contributed by atoms with Crippen molar-refractivity contribution in [2.24, 2.45) is 5.92 Å². The molecule has 1 saturated heterocycles. The van der Waals surface area contributed by atoms with E-state index in [1.54, 1.807) is 4.90 Å². The first-order valence-electron chi connectivity index (χ1n) is 9.08. The van der Waals surface area contributed by atoms with E-state index >= 15 is 0 Å². The second-order valence-corrected chi connectivity index (χ2v) is 7.99. The molecule has 0 bridgehead atoms. The summed E-state index contributed by atoms with van der Waals surface area (Å²) in [5.74, 6) is -0.394. The molecule has 2 heterocycles. The number of hydrogen-bond donors (Lipinski definition) is 1. The van der Waals surface area contributed by atoms with Crippen LogP contribution in [0, 0.1) is 12.8 Å². The Morgan fingerprint density at radius 1 is 1.26 bits per heavy atom. The van der Waals surface area contributed by atoms with Crippen molar-refractivity contribution in [2.45, 2.75) is 19.8 Å². The van der Waals surface area contributed by atoms with Gasteiger partial charge >= 0.3 is 0 Å². The zero-order valence-corrected chi connectivity index (χ0v) is 16.0. The molecular formula is C21H21N3O2S. The van der Waals surface area contributed by atoms with Crippen LogP contribution in [0.1, 0.15) is 17.5 Å². The highest BCUT2D eigenvalue weighted by molar-refractivity contribution is 7.22. The number of fused-ring (bicyclic) bond motifs is 1. The summed E-state index contributed by atoms with van der Waals surface area (Å²) in [6, 6.07) is 16.1. The number of nitrogens with zero attached hydrogens (tertiary/aromatic N) is 2. The lowest BCUT2D eigenvalue weighted by atomic mass is 10.1. The Morgan fingerprint density at radius 3 is 2.89 bits per heavy atom. The number of carbonyl (C=O) groups is 2. The number of aryl methyl sites for hydroxylation is 1. The number of rotatable bonds is 5. The first-order valence-corrected chi connectivity index (χ1v) is 9.90. The second kappa shape index (κ2) is 7.48.